The number of benzene rings is 1. The summed E-state index contributed by atoms with van der Waals surface area (Å²) in [6, 6.07) is 5.00. The number of hydrogen-bond acceptors (Lipinski definition) is 5. The van der Waals surface area contributed by atoms with Crippen molar-refractivity contribution in [2.24, 2.45) is 0 Å². The van der Waals surface area contributed by atoms with Gasteiger partial charge in [0, 0.05) is 39.6 Å². The van der Waals surface area contributed by atoms with E-state index in [0.717, 1.165) is 6.07 Å². The van der Waals surface area contributed by atoms with Crippen LogP contribution in [-0.4, -0.2) is 66.4 Å². The third kappa shape index (κ3) is 3.45. The first-order valence-electron chi connectivity index (χ1n) is 9.39. The van der Waals surface area contributed by atoms with Crippen LogP contribution in [0.5, 0.6) is 0 Å². The van der Waals surface area contributed by atoms with Crippen molar-refractivity contribution >= 4 is 15.9 Å². The second-order valence-electron chi connectivity index (χ2n) is 7.60. The van der Waals surface area contributed by atoms with Crippen molar-refractivity contribution in [1.82, 2.24) is 18.8 Å². The van der Waals surface area contributed by atoms with E-state index in [4.69, 9.17) is 4.74 Å². The van der Waals surface area contributed by atoms with Crippen LogP contribution in [0.3, 0.4) is 0 Å². The van der Waals surface area contributed by atoms with Crippen LogP contribution in [0.4, 0.5) is 4.39 Å². The summed E-state index contributed by atoms with van der Waals surface area (Å²) in [5.74, 6) is -0.0242. The fourth-order valence-electron chi connectivity index (χ4n) is 4.02. The zero-order chi connectivity index (χ0) is 20.8. The Hall–Kier alpha value is -2.30. The molecule has 1 fully saturated rings. The summed E-state index contributed by atoms with van der Waals surface area (Å²) in [5, 5.41) is 0. The van der Waals surface area contributed by atoms with Gasteiger partial charge in [0.15, 0.2) is 6.10 Å². The van der Waals surface area contributed by atoms with Crippen LogP contribution in [0.2, 0.25) is 0 Å². The molecule has 2 aromatic rings. The SMILES string of the molecule is CN(C)C(=O)C1Cn2ccnc2C2(CCN(S(=O)(=O)c3cccc(F)c3)CC2)O1. The number of likely N-dealkylation sites (N-methyl/N-ethyl adjacent to an activating group) is 1. The van der Waals surface area contributed by atoms with Gasteiger partial charge in [-0.15, -0.1) is 0 Å². The van der Waals surface area contributed by atoms with Crippen LogP contribution in [-0.2, 0) is 31.7 Å². The van der Waals surface area contributed by atoms with E-state index in [1.165, 1.54) is 27.4 Å². The number of sulfonamides is 1. The number of nitrogens with zero attached hydrogens (tertiary/aromatic N) is 4. The molecular formula is C19H23FN4O4S. The predicted molar refractivity (Wildman–Crippen MR) is 102 cm³/mol. The quantitative estimate of drug-likeness (QED) is 0.742. The van der Waals surface area contributed by atoms with E-state index >= 15 is 0 Å². The number of fused-ring (bicyclic) bond motifs is 2. The van der Waals surface area contributed by atoms with Crippen LogP contribution in [0.25, 0.3) is 0 Å². The maximum Gasteiger partial charge on any atom is 0.253 e. The Morgan fingerprint density at radius 1 is 1.31 bits per heavy atom. The summed E-state index contributed by atoms with van der Waals surface area (Å²) >= 11 is 0. The Kier molecular flexibility index (Phi) is 4.96. The highest BCUT2D eigenvalue weighted by molar-refractivity contribution is 7.89. The predicted octanol–water partition coefficient (Wildman–Crippen LogP) is 1.19. The van der Waals surface area contributed by atoms with Gasteiger partial charge in [-0.05, 0) is 31.0 Å². The molecule has 1 spiro atoms. The van der Waals surface area contributed by atoms with Crippen LogP contribution < -0.4 is 0 Å². The zero-order valence-corrected chi connectivity index (χ0v) is 17.1. The average Bonchev–Trinajstić information content (AvgIpc) is 3.17. The topological polar surface area (TPSA) is 84.7 Å². The lowest BCUT2D eigenvalue weighted by Gasteiger charge is -2.45. The van der Waals surface area contributed by atoms with Gasteiger partial charge < -0.3 is 14.2 Å². The second-order valence-corrected chi connectivity index (χ2v) is 9.54. The first-order chi connectivity index (χ1) is 13.7. The molecule has 0 N–H and O–H groups in total. The maximum absolute atomic E-state index is 13.5. The molecular weight excluding hydrogens is 399 g/mol. The smallest absolute Gasteiger partial charge is 0.253 e. The molecule has 1 aromatic heterocycles. The van der Waals surface area contributed by atoms with Crippen molar-refractivity contribution in [1.29, 1.82) is 0 Å². The number of rotatable bonds is 3. The Bertz CT molecular complexity index is 1030. The summed E-state index contributed by atoms with van der Waals surface area (Å²) in [5.41, 5.74) is -0.827. The molecule has 1 saturated heterocycles. The van der Waals surface area contributed by atoms with Crippen molar-refractivity contribution < 1.29 is 22.3 Å². The van der Waals surface area contributed by atoms with Gasteiger partial charge in [-0.3, -0.25) is 4.79 Å². The Labute approximate surface area is 168 Å². The Balaban J connectivity index is 1.58. The van der Waals surface area contributed by atoms with Gasteiger partial charge in [0.2, 0.25) is 10.0 Å². The highest BCUT2D eigenvalue weighted by atomic mass is 32.2. The van der Waals surface area contributed by atoms with Gasteiger partial charge in [0.05, 0.1) is 11.4 Å². The van der Waals surface area contributed by atoms with E-state index in [9.17, 15) is 17.6 Å². The molecule has 3 heterocycles. The third-order valence-corrected chi connectivity index (χ3v) is 7.43. The number of carbonyl (C=O) groups excluding carboxylic acids is 1. The van der Waals surface area contributed by atoms with Gasteiger partial charge in [-0.2, -0.15) is 4.31 Å². The largest absolute Gasteiger partial charge is 0.352 e. The van der Waals surface area contributed by atoms with Gasteiger partial charge >= 0.3 is 0 Å². The number of aromatic nitrogens is 2. The van der Waals surface area contributed by atoms with Crippen LogP contribution in [0.1, 0.15) is 18.7 Å². The molecule has 1 aromatic carbocycles. The lowest BCUT2D eigenvalue weighted by Crippen LogP contribution is -2.54. The molecule has 0 radical (unpaired) electrons. The summed E-state index contributed by atoms with van der Waals surface area (Å²) in [6.07, 6.45) is 3.54. The lowest BCUT2D eigenvalue weighted by molar-refractivity contribution is -0.177. The Morgan fingerprint density at radius 2 is 2.03 bits per heavy atom. The average molecular weight is 422 g/mol. The van der Waals surface area contributed by atoms with Crippen LogP contribution in [0, 0.1) is 5.82 Å². The molecule has 1 atom stereocenters. The van der Waals surface area contributed by atoms with Gasteiger partial charge in [0.25, 0.3) is 5.91 Å². The number of imidazole rings is 1. The molecule has 10 heteroatoms. The number of carbonyl (C=O) groups is 1. The Morgan fingerprint density at radius 3 is 2.69 bits per heavy atom. The summed E-state index contributed by atoms with van der Waals surface area (Å²) in [7, 11) is -0.459. The zero-order valence-electron chi connectivity index (χ0n) is 16.3. The molecule has 0 bridgehead atoms. The second kappa shape index (κ2) is 7.19. The van der Waals surface area contributed by atoms with Crippen molar-refractivity contribution in [2.75, 3.05) is 27.2 Å². The van der Waals surface area contributed by atoms with E-state index in [-0.39, 0.29) is 23.9 Å². The highest BCUT2D eigenvalue weighted by Gasteiger charge is 2.48. The normalized spacial score (nSPS) is 21.7. The minimum Gasteiger partial charge on any atom is -0.352 e. The van der Waals surface area contributed by atoms with Crippen LogP contribution >= 0.6 is 0 Å². The maximum atomic E-state index is 13.5. The summed E-state index contributed by atoms with van der Waals surface area (Å²) in [4.78, 5) is 18.4. The molecule has 29 heavy (non-hydrogen) atoms. The number of ether oxygens (including phenoxy) is 1. The number of piperidine rings is 1. The van der Waals surface area contributed by atoms with Crippen LogP contribution in [0.15, 0.2) is 41.6 Å². The van der Waals surface area contributed by atoms with Crippen molar-refractivity contribution in [3.05, 3.63) is 48.3 Å². The molecule has 0 aliphatic carbocycles. The highest BCUT2D eigenvalue weighted by Crippen LogP contribution is 2.41. The van der Waals surface area contributed by atoms with E-state index in [1.807, 2.05) is 10.8 Å². The van der Waals surface area contributed by atoms with Gasteiger partial charge in [-0.1, -0.05) is 6.07 Å². The fourth-order valence-corrected chi connectivity index (χ4v) is 5.49. The molecule has 1 unspecified atom stereocenters. The molecule has 0 saturated carbocycles. The van der Waals surface area contributed by atoms with Crippen molar-refractivity contribution in [3.8, 4) is 0 Å². The molecule has 8 nitrogen and oxygen atoms in total. The van der Waals surface area contributed by atoms with Crippen molar-refractivity contribution in [3.63, 3.8) is 0 Å². The standard InChI is InChI=1S/C19H23FN4O4S/c1-22(2)17(25)16-13-23-11-8-21-18(23)19(28-16)6-9-24(10-7-19)29(26,27)15-5-3-4-14(20)12-15/h3-5,8,11-12,16H,6-7,9-10,13H2,1-2H3. The summed E-state index contributed by atoms with van der Waals surface area (Å²) in [6.45, 7) is 0.753. The van der Waals surface area contributed by atoms with E-state index in [0.29, 0.717) is 25.2 Å². The van der Waals surface area contributed by atoms with Gasteiger partial charge in [0.1, 0.15) is 17.2 Å². The third-order valence-electron chi connectivity index (χ3n) is 5.53. The van der Waals surface area contributed by atoms with E-state index in [2.05, 4.69) is 4.98 Å². The van der Waals surface area contributed by atoms with E-state index < -0.39 is 27.5 Å². The number of halogens is 1. The lowest BCUT2D eigenvalue weighted by atomic mass is 9.89. The minimum atomic E-state index is -3.81. The molecule has 1 amide bonds. The monoisotopic (exact) mass is 422 g/mol. The molecule has 4 rings (SSSR count). The summed E-state index contributed by atoms with van der Waals surface area (Å²) < 4.78 is 48.8. The first kappa shape index (κ1) is 20.0. The molecule has 2 aliphatic heterocycles. The minimum absolute atomic E-state index is 0.0693. The number of hydrogen-bond donors (Lipinski definition) is 0. The molecule has 156 valence electrons. The molecule has 2 aliphatic rings. The van der Waals surface area contributed by atoms with E-state index in [1.54, 1.807) is 20.3 Å². The fraction of sp³-hybridized carbons (Fsp3) is 0.474. The van der Waals surface area contributed by atoms with Gasteiger partial charge in [-0.25, -0.2) is 17.8 Å². The van der Waals surface area contributed by atoms with Crippen molar-refractivity contribution in [2.45, 2.75) is 36.0 Å². The number of amides is 1. The first-order valence-corrected chi connectivity index (χ1v) is 10.8.